The molecule has 0 saturated carbocycles. The molecule has 1 heterocycles. The van der Waals surface area contributed by atoms with Crippen LogP contribution in [-0.4, -0.2) is 22.1 Å². The summed E-state index contributed by atoms with van der Waals surface area (Å²) in [5.74, 6) is 7.19. The van der Waals surface area contributed by atoms with E-state index in [2.05, 4.69) is 20.3 Å². The second-order valence-corrected chi connectivity index (χ2v) is 8.32. The summed E-state index contributed by atoms with van der Waals surface area (Å²) in [5.41, 5.74) is -0.0999. The topological polar surface area (TPSA) is 64.8 Å². The molecule has 1 aliphatic heterocycles. The summed E-state index contributed by atoms with van der Waals surface area (Å²) >= 11 is 1.08. The maximum absolute atomic E-state index is 12.9. The molecule has 3 rings (SSSR count). The van der Waals surface area contributed by atoms with Gasteiger partial charge in [0.2, 0.25) is 0 Å². The first-order valence-electron chi connectivity index (χ1n) is 6.36. The molecule has 1 aromatic rings. The third-order valence-corrected chi connectivity index (χ3v) is 6.95. The van der Waals surface area contributed by atoms with Gasteiger partial charge in [0.25, 0.3) is 0 Å². The van der Waals surface area contributed by atoms with Gasteiger partial charge >= 0.3 is 158 Å². The fraction of sp³-hybridized carbons (Fsp3) is 0.0714. The molecule has 0 saturated heterocycles. The quantitative estimate of drug-likeness (QED) is 0.177. The zero-order valence-corrected chi connectivity index (χ0v) is 16.7. The van der Waals surface area contributed by atoms with Crippen LogP contribution in [0.2, 0.25) is 0 Å². The van der Waals surface area contributed by atoms with Gasteiger partial charge in [-0.1, -0.05) is 0 Å². The molecule has 2 N–H and O–H groups in total. The standard InChI is InChI=1S/C14H12IN2O3.Al.HI/c16-17-13(18)14(7-3-1-2-4-8-14)10-5-6-11-12(9-10)20-15-19-11;;/h1-9H,16H2,(H,17,18);;1H/q-1;+2;/p-2. The predicted molar refractivity (Wildman–Crippen MR) is 87.6 cm³/mol. The molecular weight excluding hydrogens is 525 g/mol. The number of fused-ring (bicyclic) bond motifs is 1. The fourth-order valence-electron chi connectivity index (χ4n) is 2.29. The number of hydrogen-bond acceptors (Lipinski definition) is 4. The number of rotatable bonds is 3. The number of nitrogens with two attached hydrogens (primary N) is 1. The summed E-state index contributed by atoms with van der Waals surface area (Å²) < 4.78 is 12.3. The third-order valence-electron chi connectivity index (χ3n) is 3.40. The molecule has 0 bridgehead atoms. The van der Waals surface area contributed by atoms with Crippen LogP contribution in [0.15, 0.2) is 54.7 Å². The van der Waals surface area contributed by atoms with E-state index in [1.54, 1.807) is 0 Å². The Balaban J connectivity index is 2.11. The van der Waals surface area contributed by atoms with E-state index in [1.807, 2.05) is 54.7 Å². The number of benzene rings is 1. The van der Waals surface area contributed by atoms with Crippen molar-refractivity contribution in [3.63, 3.8) is 0 Å². The first-order chi connectivity index (χ1) is 10.7. The third kappa shape index (κ3) is 2.94. The molecule has 0 unspecified atom stereocenters. The van der Waals surface area contributed by atoms with Crippen LogP contribution in [-0.2, 0) is 10.2 Å². The maximum atomic E-state index is 12.9. The van der Waals surface area contributed by atoms with E-state index in [-0.39, 0.29) is 18.1 Å². The van der Waals surface area contributed by atoms with Crippen molar-refractivity contribution < 1.29 is 33.0 Å². The van der Waals surface area contributed by atoms with Crippen molar-refractivity contribution in [3.05, 3.63) is 60.2 Å². The van der Waals surface area contributed by atoms with Crippen molar-refractivity contribution in [3.8, 4) is 11.5 Å². The van der Waals surface area contributed by atoms with Crippen LogP contribution in [0, 0.1) is 0 Å². The van der Waals surface area contributed by atoms with E-state index in [9.17, 15) is 4.79 Å². The Morgan fingerprint density at radius 2 is 1.86 bits per heavy atom. The number of hydrogen-bond donors (Lipinski definition) is 1. The molecule has 22 heavy (non-hydrogen) atoms. The van der Waals surface area contributed by atoms with E-state index >= 15 is 0 Å². The fourth-order valence-corrected chi connectivity index (χ4v) is 4.53. The van der Waals surface area contributed by atoms with Crippen LogP contribution >= 0.6 is 20.3 Å². The average molecular weight is 536 g/mol. The number of carbonyl (C=O) groups is 1. The van der Waals surface area contributed by atoms with Gasteiger partial charge in [-0.05, 0) is 0 Å². The summed E-state index contributed by atoms with van der Waals surface area (Å²) in [5, 5.41) is 0. The van der Waals surface area contributed by atoms with Crippen LogP contribution in [0.3, 0.4) is 0 Å². The summed E-state index contributed by atoms with van der Waals surface area (Å²) in [6.45, 7) is 0. The van der Waals surface area contributed by atoms with Crippen molar-refractivity contribution in [2.75, 3.05) is 0 Å². The average Bonchev–Trinajstić information content (AvgIpc) is 2.88. The molecule has 8 heteroatoms. The summed E-state index contributed by atoms with van der Waals surface area (Å²) in [6.07, 6.45) is 11.3. The number of carbonyl (C=O) groups excluding carboxylic acids is 1. The number of halogens is 2. The van der Waals surface area contributed by atoms with Crippen LogP contribution in [0.4, 0.5) is 0 Å². The Hall–Kier alpha value is -0.538. The molecule has 1 amide bonds. The van der Waals surface area contributed by atoms with Gasteiger partial charge in [0, 0.05) is 0 Å². The van der Waals surface area contributed by atoms with Gasteiger partial charge in [-0.15, -0.1) is 0 Å². The SMILES string of the molecule is N[N]([Al][I])C(=O)C1(c2ccc3c(c2)O[I-]O3)C=CC=CC=C1. The normalized spacial score (nSPS) is 17.5. The second-order valence-electron chi connectivity index (χ2n) is 4.66. The van der Waals surface area contributed by atoms with E-state index in [4.69, 9.17) is 12.0 Å². The Morgan fingerprint density at radius 3 is 2.55 bits per heavy atom. The van der Waals surface area contributed by atoms with Gasteiger partial charge in [-0.25, -0.2) is 0 Å². The summed E-state index contributed by atoms with van der Waals surface area (Å²) in [7, 11) is 0. The van der Waals surface area contributed by atoms with E-state index in [1.165, 1.54) is 3.99 Å². The van der Waals surface area contributed by atoms with Gasteiger partial charge < -0.3 is 0 Å². The van der Waals surface area contributed by atoms with E-state index in [0.717, 1.165) is 11.3 Å². The Morgan fingerprint density at radius 1 is 1.18 bits per heavy atom. The molecule has 5 nitrogen and oxygen atoms in total. The minimum absolute atomic E-state index is 0.151. The molecule has 2 aliphatic rings. The number of nitrogens with zero attached hydrogens (tertiary/aromatic N) is 1. The Labute approximate surface area is 157 Å². The first-order valence-corrected chi connectivity index (χ1v) is 12.8. The van der Waals surface area contributed by atoms with Crippen LogP contribution in [0.1, 0.15) is 5.56 Å². The Kier molecular flexibility index (Phi) is 5.14. The molecule has 1 aromatic carbocycles. The van der Waals surface area contributed by atoms with Gasteiger partial charge in [0.15, 0.2) is 0 Å². The van der Waals surface area contributed by atoms with Crippen LogP contribution < -0.4 is 34.0 Å². The molecule has 1 radical (unpaired) electrons. The number of allylic oxidation sites excluding steroid dienone is 4. The molecular formula is C14H11AlI2N2O3-. The van der Waals surface area contributed by atoms with Gasteiger partial charge in [0.05, 0.1) is 0 Å². The molecule has 1 aliphatic carbocycles. The number of hydrazine groups is 1. The predicted octanol–water partition coefficient (Wildman–Crippen LogP) is -1.03. The first kappa shape index (κ1) is 16.3. The molecule has 0 fully saturated rings. The molecule has 0 spiro atoms. The second kappa shape index (κ2) is 6.92. The van der Waals surface area contributed by atoms with E-state index in [0.29, 0.717) is 5.75 Å². The Bertz CT molecular complexity index is 675. The van der Waals surface area contributed by atoms with Gasteiger partial charge in [-0.3, -0.25) is 0 Å². The molecule has 113 valence electrons. The number of amides is 1. The van der Waals surface area contributed by atoms with Crippen molar-refractivity contribution in [2.24, 2.45) is 5.84 Å². The monoisotopic (exact) mass is 536 g/mol. The minimum atomic E-state index is -0.921. The van der Waals surface area contributed by atoms with Gasteiger partial charge in [0.1, 0.15) is 0 Å². The summed E-state index contributed by atoms with van der Waals surface area (Å²) in [4.78, 5) is 12.9. The van der Waals surface area contributed by atoms with Crippen molar-refractivity contribution in [1.29, 1.82) is 0 Å². The van der Waals surface area contributed by atoms with E-state index < -0.39 is 27.4 Å². The molecule has 0 aromatic heterocycles. The van der Waals surface area contributed by atoms with Crippen molar-refractivity contribution in [1.82, 2.24) is 3.99 Å². The van der Waals surface area contributed by atoms with Crippen LogP contribution in [0.25, 0.3) is 0 Å². The molecule has 0 atom stereocenters. The zero-order valence-electron chi connectivity index (χ0n) is 11.3. The van der Waals surface area contributed by atoms with Crippen molar-refractivity contribution >= 4 is 38.3 Å². The van der Waals surface area contributed by atoms with Crippen LogP contribution in [0.5, 0.6) is 11.5 Å². The zero-order chi connectivity index (χ0) is 15.6. The van der Waals surface area contributed by atoms with Gasteiger partial charge in [-0.2, -0.15) is 0 Å². The van der Waals surface area contributed by atoms with Crippen molar-refractivity contribution in [2.45, 2.75) is 5.41 Å². The summed E-state index contributed by atoms with van der Waals surface area (Å²) in [6, 6.07) is 5.62.